The molecular weight excluding hydrogens is 232 g/mol. The Bertz CT molecular complexity index is 668. The maximum absolute atomic E-state index is 4.41. The minimum absolute atomic E-state index is 0.895. The highest BCUT2D eigenvalue weighted by Gasteiger charge is 2.12. The zero-order valence-electron chi connectivity index (χ0n) is 9.61. The van der Waals surface area contributed by atoms with Crippen LogP contribution >= 0.6 is 11.3 Å². The fraction of sp³-hybridized carbons (Fsp3) is 0.167. The van der Waals surface area contributed by atoms with E-state index in [0.29, 0.717) is 0 Å². The Hall–Kier alpha value is -1.88. The average Bonchev–Trinajstić information content (AvgIpc) is 2.95. The normalized spacial score (nSPS) is 10.9. The van der Waals surface area contributed by atoms with E-state index >= 15 is 0 Å². The van der Waals surface area contributed by atoms with Gasteiger partial charge in [-0.25, -0.2) is 9.97 Å². The number of aromatic nitrogens is 3. The predicted octanol–water partition coefficient (Wildman–Crippen LogP) is 3.04. The summed E-state index contributed by atoms with van der Waals surface area (Å²) in [6, 6.07) is 2.03. The third-order valence-electron chi connectivity index (χ3n) is 2.69. The lowest BCUT2D eigenvalue weighted by Crippen LogP contribution is -1.94. The van der Waals surface area contributed by atoms with Crippen LogP contribution in [-0.2, 0) is 0 Å². The zero-order chi connectivity index (χ0) is 11.8. The monoisotopic (exact) mass is 244 g/mol. The van der Waals surface area contributed by atoms with Crippen molar-refractivity contribution in [3.63, 3.8) is 0 Å². The molecule has 0 atom stereocenters. The molecule has 0 aliphatic rings. The van der Waals surface area contributed by atoms with Crippen molar-refractivity contribution in [3.8, 4) is 10.6 Å². The van der Waals surface area contributed by atoms with Gasteiger partial charge in [0.2, 0.25) is 0 Å². The largest absolute Gasteiger partial charge is 0.387 e. The molecule has 0 spiro atoms. The summed E-state index contributed by atoms with van der Waals surface area (Å²) in [4.78, 5) is 13.1. The van der Waals surface area contributed by atoms with Crippen molar-refractivity contribution in [2.75, 3.05) is 12.4 Å². The van der Waals surface area contributed by atoms with Crippen LogP contribution in [0.15, 0.2) is 24.7 Å². The molecule has 4 nitrogen and oxygen atoms in total. The number of aromatic amines is 1. The van der Waals surface area contributed by atoms with Crippen molar-refractivity contribution in [2.24, 2.45) is 0 Å². The van der Waals surface area contributed by atoms with Gasteiger partial charge < -0.3 is 10.3 Å². The quantitative estimate of drug-likeness (QED) is 0.728. The first-order valence-corrected chi connectivity index (χ1v) is 6.18. The van der Waals surface area contributed by atoms with Gasteiger partial charge in [0.1, 0.15) is 10.7 Å². The van der Waals surface area contributed by atoms with Crippen LogP contribution in [0, 0.1) is 6.92 Å². The van der Waals surface area contributed by atoms with Crippen molar-refractivity contribution >= 4 is 28.1 Å². The third kappa shape index (κ3) is 1.59. The lowest BCUT2D eigenvalue weighted by atomic mass is 10.2. The molecule has 0 fully saturated rings. The number of fused-ring (bicyclic) bond motifs is 1. The SMILES string of the molecule is CNc1c(-c2ncc(C)s2)cnc2[nH]ccc12. The molecule has 3 aromatic heterocycles. The first-order valence-electron chi connectivity index (χ1n) is 5.36. The molecule has 0 unspecified atom stereocenters. The molecular formula is C12H12N4S. The number of aryl methyl sites for hydroxylation is 1. The first-order chi connectivity index (χ1) is 8.29. The van der Waals surface area contributed by atoms with Crippen LogP contribution in [0.1, 0.15) is 4.88 Å². The van der Waals surface area contributed by atoms with Gasteiger partial charge in [-0.2, -0.15) is 0 Å². The molecule has 0 bridgehead atoms. The van der Waals surface area contributed by atoms with Crippen LogP contribution < -0.4 is 5.32 Å². The molecule has 17 heavy (non-hydrogen) atoms. The van der Waals surface area contributed by atoms with E-state index in [9.17, 15) is 0 Å². The summed E-state index contributed by atoms with van der Waals surface area (Å²) in [7, 11) is 1.92. The van der Waals surface area contributed by atoms with Gasteiger partial charge >= 0.3 is 0 Å². The molecule has 0 aromatic carbocycles. The Morgan fingerprint density at radius 3 is 2.88 bits per heavy atom. The second-order valence-corrected chi connectivity index (χ2v) is 5.05. The van der Waals surface area contributed by atoms with Crippen LogP contribution in [-0.4, -0.2) is 22.0 Å². The molecule has 0 amide bonds. The number of nitrogens with one attached hydrogen (secondary N) is 2. The molecule has 86 valence electrons. The maximum Gasteiger partial charge on any atom is 0.139 e. The topological polar surface area (TPSA) is 53.6 Å². The minimum Gasteiger partial charge on any atom is -0.387 e. The van der Waals surface area contributed by atoms with E-state index in [1.54, 1.807) is 11.3 Å². The molecule has 3 heterocycles. The van der Waals surface area contributed by atoms with Crippen LogP contribution in [0.25, 0.3) is 21.6 Å². The highest BCUT2D eigenvalue weighted by molar-refractivity contribution is 7.15. The van der Waals surface area contributed by atoms with Gasteiger partial charge in [0.15, 0.2) is 0 Å². The number of H-pyrrole nitrogens is 1. The van der Waals surface area contributed by atoms with E-state index in [4.69, 9.17) is 0 Å². The Morgan fingerprint density at radius 1 is 1.29 bits per heavy atom. The standard InChI is InChI=1S/C12H12N4S/c1-7-5-16-12(17-7)9-6-15-11-8(3-4-14-11)10(9)13-2/h3-6H,1-2H3,(H2,13,14,15). The molecule has 5 heteroatoms. The molecule has 0 aliphatic heterocycles. The summed E-state index contributed by atoms with van der Waals surface area (Å²) < 4.78 is 0. The fourth-order valence-corrected chi connectivity index (χ4v) is 2.70. The number of hydrogen-bond acceptors (Lipinski definition) is 4. The number of anilines is 1. The summed E-state index contributed by atoms with van der Waals surface area (Å²) in [6.07, 6.45) is 5.65. The Morgan fingerprint density at radius 2 is 2.18 bits per heavy atom. The third-order valence-corrected chi connectivity index (χ3v) is 3.63. The molecule has 0 aliphatic carbocycles. The highest BCUT2D eigenvalue weighted by Crippen LogP contribution is 2.34. The van der Waals surface area contributed by atoms with Gasteiger partial charge in [-0.05, 0) is 13.0 Å². The first kappa shape index (κ1) is 10.3. The summed E-state index contributed by atoms with van der Waals surface area (Å²) in [5, 5.41) is 5.34. The van der Waals surface area contributed by atoms with Crippen LogP contribution in [0.3, 0.4) is 0 Å². The molecule has 2 N–H and O–H groups in total. The van der Waals surface area contributed by atoms with E-state index in [1.807, 2.05) is 31.7 Å². The molecule has 0 saturated carbocycles. The van der Waals surface area contributed by atoms with E-state index in [1.165, 1.54) is 4.88 Å². The Labute approximate surface area is 103 Å². The number of hydrogen-bond donors (Lipinski definition) is 2. The van der Waals surface area contributed by atoms with Gasteiger partial charge in [0.05, 0.1) is 11.3 Å². The smallest absolute Gasteiger partial charge is 0.139 e. The number of nitrogens with zero attached hydrogens (tertiary/aromatic N) is 2. The lowest BCUT2D eigenvalue weighted by Gasteiger charge is -2.07. The summed E-state index contributed by atoms with van der Waals surface area (Å²) in [5.74, 6) is 0. The van der Waals surface area contributed by atoms with E-state index in [2.05, 4.69) is 27.2 Å². The highest BCUT2D eigenvalue weighted by atomic mass is 32.1. The van der Waals surface area contributed by atoms with Crippen molar-refractivity contribution in [3.05, 3.63) is 29.5 Å². The second kappa shape index (κ2) is 3.85. The summed E-state index contributed by atoms with van der Waals surface area (Å²) in [5.41, 5.74) is 3.02. The number of pyridine rings is 1. The van der Waals surface area contributed by atoms with Crippen molar-refractivity contribution in [2.45, 2.75) is 6.92 Å². The molecule has 3 rings (SSSR count). The average molecular weight is 244 g/mol. The van der Waals surface area contributed by atoms with E-state index in [-0.39, 0.29) is 0 Å². The summed E-state index contributed by atoms with van der Waals surface area (Å²) >= 11 is 1.68. The van der Waals surface area contributed by atoms with Crippen molar-refractivity contribution < 1.29 is 0 Å². The van der Waals surface area contributed by atoms with E-state index in [0.717, 1.165) is 27.3 Å². The molecule has 3 aromatic rings. The molecule has 0 saturated heterocycles. The fourth-order valence-electron chi connectivity index (χ4n) is 1.92. The number of thiazole rings is 1. The van der Waals surface area contributed by atoms with Crippen LogP contribution in [0.4, 0.5) is 5.69 Å². The van der Waals surface area contributed by atoms with Gasteiger partial charge in [-0.15, -0.1) is 11.3 Å². The maximum atomic E-state index is 4.41. The van der Waals surface area contributed by atoms with Crippen LogP contribution in [0.2, 0.25) is 0 Å². The second-order valence-electron chi connectivity index (χ2n) is 3.81. The van der Waals surface area contributed by atoms with Crippen molar-refractivity contribution in [1.82, 2.24) is 15.0 Å². The van der Waals surface area contributed by atoms with Gasteiger partial charge in [0, 0.05) is 35.9 Å². The Balaban J connectivity index is 2.28. The van der Waals surface area contributed by atoms with Crippen LogP contribution in [0.5, 0.6) is 0 Å². The zero-order valence-corrected chi connectivity index (χ0v) is 10.4. The summed E-state index contributed by atoms with van der Waals surface area (Å²) in [6.45, 7) is 2.06. The van der Waals surface area contributed by atoms with Gasteiger partial charge in [0.25, 0.3) is 0 Å². The van der Waals surface area contributed by atoms with Gasteiger partial charge in [-0.1, -0.05) is 0 Å². The van der Waals surface area contributed by atoms with Crippen molar-refractivity contribution in [1.29, 1.82) is 0 Å². The number of rotatable bonds is 2. The molecule has 0 radical (unpaired) electrons. The van der Waals surface area contributed by atoms with Gasteiger partial charge in [-0.3, -0.25) is 0 Å². The lowest BCUT2D eigenvalue weighted by molar-refractivity contribution is 1.31. The Kier molecular flexibility index (Phi) is 2.33. The minimum atomic E-state index is 0.895. The predicted molar refractivity (Wildman–Crippen MR) is 71.5 cm³/mol. The van der Waals surface area contributed by atoms with E-state index < -0.39 is 0 Å².